The van der Waals surface area contributed by atoms with E-state index in [1.807, 2.05) is 34.5 Å². The molecule has 1 saturated heterocycles. The average molecular weight is 328 g/mol. The lowest BCUT2D eigenvalue weighted by Gasteiger charge is -2.28. The van der Waals surface area contributed by atoms with Gasteiger partial charge in [0.05, 0.1) is 23.6 Å². The number of carbonyl (C=O) groups excluding carboxylic acids is 1. The smallest absolute Gasteiger partial charge is 0.264 e. The van der Waals surface area contributed by atoms with Gasteiger partial charge in [-0.25, -0.2) is 0 Å². The van der Waals surface area contributed by atoms with Gasteiger partial charge in [0.15, 0.2) is 0 Å². The molecule has 0 aromatic carbocycles. The summed E-state index contributed by atoms with van der Waals surface area (Å²) in [4.78, 5) is 19.6. The Morgan fingerprint density at radius 3 is 2.96 bits per heavy atom. The van der Waals surface area contributed by atoms with Crippen LogP contribution in [0.15, 0.2) is 54.7 Å². The highest BCUT2D eigenvalue weighted by Crippen LogP contribution is 2.27. The molecule has 3 heterocycles. The van der Waals surface area contributed by atoms with Crippen LogP contribution in [0.1, 0.15) is 21.7 Å². The Kier molecular flexibility index (Phi) is 5.20. The fraction of sp³-hybridized carbons (Fsp3) is 0.333. The number of thiophene rings is 1. The van der Waals surface area contributed by atoms with Crippen LogP contribution in [0.4, 0.5) is 0 Å². The lowest BCUT2D eigenvalue weighted by Crippen LogP contribution is -2.41. The van der Waals surface area contributed by atoms with E-state index in [1.165, 1.54) is 16.9 Å². The second kappa shape index (κ2) is 7.53. The minimum Gasteiger partial charge on any atom is -0.372 e. The normalized spacial score (nSPS) is 20.6. The molecule has 2 atom stereocenters. The zero-order valence-electron chi connectivity index (χ0n) is 12.9. The number of rotatable bonds is 6. The van der Waals surface area contributed by atoms with E-state index in [1.54, 1.807) is 18.5 Å². The maximum Gasteiger partial charge on any atom is 0.264 e. The Morgan fingerprint density at radius 2 is 2.26 bits per heavy atom. The zero-order chi connectivity index (χ0) is 16.1. The van der Waals surface area contributed by atoms with Crippen LogP contribution in [0, 0.1) is 0 Å². The Hall–Kier alpha value is -1.98. The summed E-state index contributed by atoms with van der Waals surface area (Å²) in [6, 6.07) is 7.84. The number of hydrogen-bond acceptors (Lipinski definition) is 4. The minimum absolute atomic E-state index is 0.0464. The van der Waals surface area contributed by atoms with Gasteiger partial charge in [-0.15, -0.1) is 17.9 Å². The summed E-state index contributed by atoms with van der Waals surface area (Å²) in [6.45, 7) is 4.96. The predicted molar refractivity (Wildman–Crippen MR) is 91.6 cm³/mol. The summed E-state index contributed by atoms with van der Waals surface area (Å²) in [5, 5.41) is 1.94. The van der Waals surface area contributed by atoms with Crippen molar-refractivity contribution in [1.29, 1.82) is 0 Å². The van der Waals surface area contributed by atoms with E-state index < -0.39 is 0 Å². The van der Waals surface area contributed by atoms with Crippen LogP contribution in [0.25, 0.3) is 0 Å². The van der Waals surface area contributed by atoms with Crippen LogP contribution >= 0.6 is 11.3 Å². The molecule has 1 fully saturated rings. The number of likely N-dealkylation sites (tertiary alicyclic amines) is 1. The second-order valence-electron chi connectivity index (χ2n) is 5.55. The molecule has 1 aliphatic rings. The first kappa shape index (κ1) is 15.9. The van der Waals surface area contributed by atoms with E-state index in [2.05, 4.69) is 11.6 Å². The Bertz CT molecular complexity index is 642. The fourth-order valence-corrected chi connectivity index (χ4v) is 3.69. The maximum atomic E-state index is 12.8. The molecule has 23 heavy (non-hydrogen) atoms. The molecular weight excluding hydrogens is 308 g/mol. The summed E-state index contributed by atoms with van der Waals surface area (Å²) in [6.07, 6.45) is 7.02. The van der Waals surface area contributed by atoms with Gasteiger partial charge in [-0.2, -0.15) is 0 Å². The number of ether oxygens (including phenoxy) is 1. The molecule has 0 saturated carbocycles. The molecular formula is C18H20N2O2S. The second-order valence-corrected chi connectivity index (χ2v) is 6.50. The Balaban J connectivity index is 1.79. The monoisotopic (exact) mass is 328 g/mol. The van der Waals surface area contributed by atoms with E-state index in [9.17, 15) is 4.79 Å². The molecule has 0 unspecified atom stereocenters. The molecule has 0 aliphatic carbocycles. The first-order valence-electron chi connectivity index (χ1n) is 7.75. The van der Waals surface area contributed by atoms with Crippen molar-refractivity contribution in [3.05, 3.63) is 65.1 Å². The average Bonchev–Trinajstić information content (AvgIpc) is 3.24. The van der Waals surface area contributed by atoms with Crippen LogP contribution in [-0.4, -0.2) is 41.1 Å². The van der Waals surface area contributed by atoms with Crippen molar-refractivity contribution < 1.29 is 9.53 Å². The van der Waals surface area contributed by atoms with Gasteiger partial charge in [0, 0.05) is 18.9 Å². The third-order valence-corrected chi connectivity index (χ3v) is 4.96. The van der Waals surface area contributed by atoms with Crippen LogP contribution in [0.2, 0.25) is 0 Å². The highest BCUT2D eigenvalue weighted by molar-refractivity contribution is 7.12. The highest BCUT2D eigenvalue weighted by atomic mass is 32.1. The molecule has 5 heteroatoms. The molecule has 0 N–H and O–H groups in total. The van der Waals surface area contributed by atoms with Crippen molar-refractivity contribution in [2.45, 2.75) is 25.0 Å². The molecule has 1 aliphatic heterocycles. The van der Waals surface area contributed by atoms with Gasteiger partial charge < -0.3 is 9.64 Å². The zero-order valence-corrected chi connectivity index (χ0v) is 13.7. The van der Waals surface area contributed by atoms with E-state index in [0.717, 1.165) is 24.3 Å². The first-order valence-corrected chi connectivity index (χ1v) is 8.63. The number of aromatic nitrogens is 1. The summed E-state index contributed by atoms with van der Waals surface area (Å²) in [5.74, 6) is 0.101. The van der Waals surface area contributed by atoms with Crippen LogP contribution in [0.3, 0.4) is 0 Å². The summed E-state index contributed by atoms with van der Waals surface area (Å²) in [5.41, 5.74) is 1.17. The van der Waals surface area contributed by atoms with Gasteiger partial charge in [0.2, 0.25) is 0 Å². The van der Waals surface area contributed by atoms with Crippen molar-refractivity contribution in [2.75, 3.05) is 13.2 Å². The first-order chi connectivity index (χ1) is 11.3. The van der Waals surface area contributed by atoms with Gasteiger partial charge in [-0.1, -0.05) is 12.1 Å². The number of pyridine rings is 1. The lowest BCUT2D eigenvalue weighted by atomic mass is 10.0. The molecule has 0 radical (unpaired) electrons. The van der Waals surface area contributed by atoms with E-state index in [0.29, 0.717) is 6.61 Å². The molecule has 2 aromatic rings. The summed E-state index contributed by atoms with van der Waals surface area (Å²) in [7, 11) is 0. The van der Waals surface area contributed by atoms with E-state index in [-0.39, 0.29) is 18.1 Å². The largest absolute Gasteiger partial charge is 0.372 e. The van der Waals surface area contributed by atoms with Gasteiger partial charge in [-0.3, -0.25) is 9.78 Å². The van der Waals surface area contributed by atoms with Crippen molar-refractivity contribution in [1.82, 2.24) is 9.88 Å². The number of nitrogens with zero attached hydrogens (tertiary/aromatic N) is 2. The molecule has 4 nitrogen and oxygen atoms in total. The fourth-order valence-electron chi connectivity index (χ4n) is 3.01. The van der Waals surface area contributed by atoms with Crippen LogP contribution in [-0.2, 0) is 11.2 Å². The minimum atomic E-state index is 0.0464. The van der Waals surface area contributed by atoms with Crippen molar-refractivity contribution in [2.24, 2.45) is 0 Å². The predicted octanol–water partition coefficient (Wildman–Crippen LogP) is 3.17. The number of amides is 1. The van der Waals surface area contributed by atoms with Gasteiger partial charge in [0.1, 0.15) is 0 Å². The van der Waals surface area contributed by atoms with Crippen LogP contribution < -0.4 is 0 Å². The number of carbonyl (C=O) groups is 1. The topological polar surface area (TPSA) is 42.4 Å². The van der Waals surface area contributed by atoms with Crippen molar-refractivity contribution in [3.8, 4) is 0 Å². The van der Waals surface area contributed by atoms with Gasteiger partial charge in [-0.05, 0) is 42.0 Å². The third kappa shape index (κ3) is 3.68. The number of hydrogen-bond donors (Lipinski definition) is 0. The molecule has 120 valence electrons. The van der Waals surface area contributed by atoms with Gasteiger partial charge in [0.25, 0.3) is 5.91 Å². The molecule has 2 aromatic heterocycles. The highest BCUT2D eigenvalue weighted by Gasteiger charge is 2.38. The summed E-state index contributed by atoms with van der Waals surface area (Å²) >= 11 is 1.49. The molecule has 0 spiro atoms. The lowest BCUT2D eigenvalue weighted by molar-refractivity contribution is 0.0382. The SMILES string of the molecule is C=CCO[C@@H]1CCN(C(=O)c2cccs2)[C@@H]1Cc1ccncc1. The molecule has 1 amide bonds. The Labute approximate surface area is 140 Å². The summed E-state index contributed by atoms with van der Waals surface area (Å²) < 4.78 is 5.91. The van der Waals surface area contributed by atoms with E-state index in [4.69, 9.17) is 4.74 Å². The van der Waals surface area contributed by atoms with Gasteiger partial charge >= 0.3 is 0 Å². The quantitative estimate of drug-likeness (QED) is 0.765. The third-order valence-electron chi connectivity index (χ3n) is 4.10. The maximum absolute atomic E-state index is 12.8. The Morgan fingerprint density at radius 1 is 1.43 bits per heavy atom. The van der Waals surface area contributed by atoms with Crippen molar-refractivity contribution in [3.63, 3.8) is 0 Å². The van der Waals surface area contributed by atoms with E-state index >= 15 is 0 Å². The standard InChI is InChI=1S/C18H20N2O2S/c1-2-11-22-16-7-10-20(18(21)17-4-3-12-23-17)15(16)13-14-5-8-19-9-6-14/h2-6,8-9,12,15-16H,1,7,10-11,13H2/t15-,16-/m1/s1. The molecule has 3 rings (SSSR count). The van der Waals surface area contributed by atoms with Crippen molar-refractivity contribution >= 4 is 17.2 Å². The van der Waals surface area contributed by atoms with Crippen LogP contribution in [0.5, 0.6) is 0 Å². The molecule has 0 bridgehead atoms.